The molecule has 2 aromatic heterocycles. The number of hydrogen-bond acceptors (Lipinski definition) is 5. The lowest BCUT2D eigenvalue weighted by atomic mass is 10.1. The highest BCUT2D eigenvalue weighted by Crippen LogP contribution is 2.28. The maximum atomic E-state index is 13.2. The third kappa shape index (κ3) is 6.06. The number of para-hydroxylation sites is 1. The molecule has 4 rings (SSSR count). The molecule has 9 heteroatoms. The summed E-state index contributed by atoms with van der Waals surface area (Å²) in [4.78, 5) is 34.7. The number of benzene rings is 2. The highest BCUT2D eigenvalue weighted by atomic mass is 16.5. The first-order chi connectivity index (χ1) is 18.0. The Hall–Kier alpha value is -4.40. The first kappa shape index (κ1) is 25.7. The van der Waals surface area contributed by atoms with Crippen LogP contribution in [0.15, 0.2) is 72.4 Å². The van der Waals surface area contributed by atoms with Crippen LogP contribution < -0.4 is 14.8 Å². The van der Waals surface area contributed by atoms with Crippen LogP contribution in [0, 0.1) is 0 Å². The van der Waals surface area contributed by atoms with Crippen molar-refractivity contribution in [1.82, 2.24) is 19.4 Å². The zero-order valence-electron chi connectivity index (χ0n) is 21.3. The molecule has 192 valence electrons. The van der Waals surface area contributed by atoms with E-state index in [0.717, 1.165) is 29.6 Å². The first-order valence-corrected chi connectivity index (χ1v) is 12.2. The minimum atomic E-state index is -0.524. The maximum Gasteiger partial charge on any atom is 0.277 e. The predicted octanol–water partition coefficient (Wildman–Crippen LogP) is 3.91. The van der Waals surface area contributed by atoms with Gasteiger partial charge in [0.25, 0.3) is 11.8 Å². The summed E-state index contributed by atoms with van der Waals surface area (Å²) in [5.41, 5.74) is 2.47. The average molecular weight is 502 g/mol. The van der Waals surface area contributed by atoms with Crippen LogP contribution in [0.3, 0.4) is 0 Å². The molecule has 0 aliphatic rings. The van der Waals surface area contributed by atoms with Gasteiger partial charge < -0.3 is 23.9 Å². The Bertz CT molecular complexity index is 1410. The topological polar surface area (TPSA) is 99.7 Å². The van der Waals surface area contributed by atoms with Gasteiger partial charge >= 0.3 is 0 Å². The third-order valence-corrected chi connectivity index (χ3v) is 6.14. The lowest BCUT2D eigenvalue weighted by Gasteiger charge is -2.10. The number of aliphatic imine (C=N–C) groups is 1. The zero-order chi connectivity index (χ0) is 26.2. The van der Waals surface area contributed by atoms with Crippen LogP contribution >= 0.6 is 0 Å². The van der Waals surface area contributed by atoms with E-state index in [0.29, 0.717) is 30.0 Å². The van der Waals surface area contributed by atoms with E-state index in [-0.39, 0.29) is 18.0 Å². The van der Waals surface area contributed by atoms with E-state index in [2.05, 4.69) is 26.8 Å². The minimum absolute atomic E-state index is 0.154. The van der Waals surface area contributed by atoms with Gasteiger partial charge in [-0.2, -0.15) is 0 Å². The predicted molar refractivity (Wildman–Crippen MR) is 142 cm³/mol. The number of amides is 2. The summed E-state index contributed by atoms with van der Waals surface area (Å²) in [6.45, 7) is 4.02. The van der Waals surface area contributed by atoms with Gasteiger partial charge in [0.15, 0.2) is 11.5 Å². The molecule has 0 saturated heterocycles. The summed E-state index contributed by atoms with van der Waals surface area (Å²) < 4.78 is 14.7. The average Bonchev–Trinajstić information content (AvgIpc) is 3.58. The molecule has 0 fully saturated rings. The summed E-state index contributed by atoms with van der Waals surface area (Å²) in [5, 5.41) is 3.96. The van der Waals surface area contributed by atoms with Crippen molar-refractivity contribution in [2.24, 2.45) is 4.99 Å². The fraction of sp³-hybridized carbons (Fsp3) is 0.286. The Morgan fingerprint density at radius 3 is 2.62 bits per heavy atom. The van der Waals surface area contributed by atoms with Crippen molar-refractivity contribution in [3.63, 3.8) is 0 Å². The van der Waals surface area contributed by atoms with E-state index in [9.17, 15) is 9.59 Å². The van der Waals surface area contributed by atoms with Gasteiger partial charge in [0.1, 0.15) is 5.71 Å². The van der Waals surface area contributed by atoms with Crippen LogP contribution in [0.5, 0.6) is 11.5 Å². The Labute approximate surface area is 215 Å². The molecule has 4 aromatic rings. The zero-order valence-corrected chi connectivity index (χ0v) is 21.3. The Morgan fingerprint density at radius 2 is 1.89 bits per heavy atom. The third-order valence-electron chi connectivity index (χ3n) is 6.14. The molecular weight excluding hydrogens is 470 g/mol. The van der Waals surface area contributed by atoms with Crippen LogP contribution in [-0.4, -0.2) is 52.4 Å². The van der Waals surface area contributed by atoms with E-state index >= 15 is 0 Å². The lowest BCUT2D eigenvalue weighted by Crippen LogP contribution is -2.34. The van der Waals surface area contributed by atoms with Gasteiger partial charge in [-0.3, -0.25) is 9.59 Å². The quantitative estimate of drug-likeness (QED) is 0.248. The van der Waals surface area contributed by atoms with Gasteiger partial charge in [0, 0.05) is 61.1 Å². The van der Waals surface area contributed by atoms with E-state index in [1.165, 1.54) is 14.2 Å². The van der Waals surface area contributed by atoms with Crippen molar-refractivity contribution in [2.45, 2.75) is 32.9 Å². The molecule has 0 spiro atoms. The van der Waals surface area contributed by atoms with E-state index < -0.39 is 5.91 Å². The standard InChI is InChI=1S/C28H31N5O4/c1-4-33-18-21(22-8-5-6-9-24(22)33)16-23(28(35)30-12-7-14-32-15-13-29-19-32)31-27(34)20-10-11-25(36-2)26(17-20)37-3/h5-6,8-11,13,15,17-19H,4,7,12,14,16H2,1-3H3,(H,30,35). The highest BCUT2D eigenvalue weighted by Gasteiger charge is 2.19. The number of nitrogens with one attached hydrogen (secondary N) is 1. The number of aromatic nitrogens is 3. The second-order valence-corrected chi connectivity index (χ2v) is 8.48. The molecule has 0 unspecified atom stereocenters. The number of carbonyl (C=O) groups is 2. The smallest absolute Gasteiger partial charge is 0.277 e. The first-order valence-electron chi connectivity index (χ1n) is 12.2. The second-order valence-electron chi connectivity index (χ2n) is 8.48. The van der Waals surface area contributed by atoms with Gasteiger partial charge in [-0.1, -0.05) is 18.2 Å². The number of fused-ring (bicyclic) bond motifs is 1. The molecule has 0 radical (unpaired) electrons. The van der Waals surface area contributed by atoms with E-state index in [4.69, 9.17) is 9.47 Å². The molecule has 9 nitrogen and oxygen atoms in total. The molecular formula is C28H31N5O4. The summed E-state index contributed by atoms with van der Waals surface area (Å²) >= 11 is 0. The Balaban J connectivity index is 1.60. The van der Waals surface area contributed by atoms with Crippen molar-refractivity contribution >= 4 is 28.4 Å². The number of ether oxygens (including phenoxy) is 2. The number of rotatable bonds is 11. The van der Waals surface area contributed by atoms with Crippen molar-refractivity contribution in [3.8, 4) is 11.5 Å². The molecule has 2 aromatic carbocycles. The number of nitrogens with zero attached hydrogens (tertiary/aromatic N) is 4. The molecule has 37 heavy (non-hydrogen) atoms. The largest absolute Gasteiger partial charge is 0.493 e. The second kappa shape index (κ2) is 12.0. The number of imidazole rings is 1. The molecule has 0 bridgehead atoms. The van der Waals surface area contributed by atoms with Crippen LogP contribution in [-0.2, 0) is 24.3 Å². The van der Waals surface area contributed by atoms with Crippen LogP contribution in [0.1, 0.15) is 29.3 Å². The van der Waals surface area contributed by atoms with Crippen molar-refractivity contribution in [2.75, 3.05) is 20.8 Å². The maximum absolute atomic E-state index is 13.2. The molecule has 2 heterocycles. The van der Waals surface area contributed by atoms with Crippen molar-refractivity contribution in [1.29, 1.82) is 0 Å². The Morgan fingerprint density at radius 1 is 1.08 bits per heavy atom. The monoisotopic (exact) mass is 501 g/mol. The molecule has 0 aliphatic carbocycles. The van der Waals surface area contributed by atoms with Crippen molar-refractivity contribution < 1.29 is 19.1 Å². The summed E-state index contributed by atoms with van der Waals surface area (Å²) in [6, 6.07) is 12.8. The summed E-state index contributed by atoms with van der Waals surface area (Å²) in [5.74, 6) is 0.0304. The summed E-state index contributed by atoms with van der Waals surface area (Å²) in [6.07, 6.45) is 8.29. The van der Waals surface area contributed by atoms with Crippen molar-refractivity contribution in [3.05, 3.63) is 78.5 Å². The Kier molecular flexibility index (Phi) is 8.35. The number of aryl methyl sites for hydroxylation is 2. The SMILES string of the molecule is CCn1cc(CC(=NC(=O)c2ccc(OC)c(OC)c2)C(=O)NCCCn2ccnc2)c2ccccc21. The molecule has 2 amide bonds. The minimum Gasteiger partial charge on any atom is -0.493 e. The molecule has 1 N–H and O–H groups in total. The molecule has 0 atom stereocenters. The van der Waals surface area contributed by atoms with Crippen LogP contribution in [0.25, 0.3) is 10.9 Å². The number of hydrogen-bond donors (Lipinski definition) is 1. The number of carbonyl (C=O) groups excluding carboxylic acids is 2. The van der Waals surface area contributed by atoms with Gasteiger partial charge in [-0.05, 0) is 43.2 Å². The fourth-order valence-corrected chi connectivity index (χ4v) is 4.22. The van der Waals surface area contributed by atoms with E-state index in [1.807, 2.05) is 41.2 Å². The van der Waals surface area contributed by atoms with E-state index in [1.54, 1.807) is 30.7 Å². The molecule has 0 aliphatic heterocycles. The van der Waals surface area contributed by atoms with Gasteiger partial charge in [-0.15, -0.1) is 0 Å². The fourth-order valence-electron chi connectivity index (χ4n) is 4.22. The summed E-state index contributed by atoms with van der Waals surface area (Å²) in [7, 11) is 3.03. The van der Waals surface area contributed by atoms with Crippen LogP contribution in [0.2, 0.25) is 0 Å². The normalized spacial score (nSPS) is 11.5. The van der Waals surface area contributed by atoms with Gasteiger partial charge in [0.05, 0.1) is 20.5 Å². The van der Waals surface area contributed by atoms with Gasteiger partial charge in [0.2, 0.25) is 0 Å². The molecule has 0 saturated carbocycles. The number of methoxy groups -OCH3 is 2. The van der Waals surface area contributed by atoms with Crippen LogP contribution in [0.4, 0.5) is 0 Å². The van der Waals surface area contributed by atoms with Gasteiger partial charge in [-0.25, -0.2) is 9.98 Å². The highest BCUT2D eigenvalue weighted by molar-refractivity contribution is 6.41. The lowest BCUT2D eigenvalue weighted by molar-refractivity contribution is -0.114.